The molecule has 46 heavy (non-hydrogen) atoms. The highest BCUT2D eigenvalue weighted by Crippen LogP contribution is 2.13. The molecule has 0 heterocycles. The van der Waals surface area contributed by atoms with Gasteiger partial charge in [0, 0.05) is 38.8 Å². The first-order chi connectivity index (χ1) is 22.0. The van der Waals surface area contributed by atoms with Crippen LogP contribution in [-0.4, -0.2) is 70.8 Å². The number of amides is 3. The quantitative estimate of drug-likeness (QED) is 0.0552. The van der Waals surface area contributed by atoms with Crippen molar-refractivity contribution in [2.45, 2.75) is 167 Å². The van der Waals surface area contributed by atoms with E-state index in [4.69, 9.17) is 10.8 Å². The minimum Gasteiger partial charge on any atom is -0.481 e. The molecule has 7 N–H and O–H groups in total. The lowest BCUT2D eigenvalue weighted by Gasteiger charge is -2.14. The van der Waals surface area contributed by atoms with Gasteiger partial charge in [-0.3, -0.25) is 24.0 Å². The summed E-state index contributed by atoms with van der Waals surface area (Å²) in [6.07, 6.45) is 17.8. The van der Waals surface area contributed by atoms with Crippen molar-refractivity contribution in [3.63, 3.8) is 0 Å². The molecule has 3 amide bonds. The molecule has 12 nitrogen and oxygen atoms in total. The Balaban J connectivity index is 3.75. The minimum atomic E-state index is -1.15. The first-order valence-electron chi connectivity index (χ1n) is 17.6. The van der Waals surface area contributed by atoms with Crippen LogP contribution in [0.3, 0.4) is 0 Å². The third kappa shape index (κ3) is 28.5. The number of rotatable bonds is 32. The van der Waals surface area contributed by atoms with Crippen LogP contribution in [0.25, 0.3) is 0 Å². The van der Waals surface area contributed by atoms with Crippen molar-refractivity contribution < 1.29 is 39.0 Å². The molecule has 0 rings (SSSR count). The number of carboxylic acid groups (broad SMARTS) is 2. The van der Waals surface area contributed by atoms with Gasteiger partial charge < -0.3 is 31.9 Å². The molecule has 0 aromatic rings. The van der Waals surface area contributed by atoms with Gasteiger partial charge in [0.1, 0.15) is 11.8 Å². The van der Waals surface area contributed by atoms with E-state index in [1.807, 2.05) is 0 Å². The minimum absolute atomic E-state index is 0.00168. The maximum atomic E-state index is 12.2. The molecule has 0 radical (unpaired) electrons. The Morgan fingerprint density at radius 3 is 1.41 bits per heavy atom. The number of nitrogens with one attached hydrogen (secondary N) is 3. The van der Waals surface area contributed by atoms with E-state index in [1.165, 1.54) is 26.2 Å². The lowest BCUT2D eigenvalue weighted by Crippen LogP contribution is -2.41. The van der Waals surface area contributed by atoms with E-state index >= 15 is 0 Å². The zero-order valence-corrected chi connectivity index (χ0v) is 28.3. The van der Waals surface area contributed by atoms with Gasteiger partial charge in [-0.1, -0.05) is 70.6 Å². The van der Waals surface area contributed by atoms with Crippen molar-refractivity contribution in [3.8, 4) is 0 Å². The van der Waals surface area contributed by atoms with Gasteiger partial charge >= 0.3 is 11.9 Å². The number of unbranched alkanes of at least 4 members (excludes halogenated alkanes) is 14. The summed E-state index contributed by atoms with van der Waals surface area (Å²) in [5.74, 6) is -2.50. The van der Waals surface area contributed by atoms with Gasteiger partial charge in [-0.15, -0.1) is 0 Å². The summed E-state index contributed by atoms with van der Waals surface area (Å²) in [6.45, 7) is 2.47. The van der Waals surface area contributed by atoms with Crippen molar-refractivity contribution in [3.05, 3.63) is 0 Å². The first-order valence-corrected chi connectivity index (χ1v) is 17.6. The van der Waals surface area contributed by atoms with Gasteiger partial charge in [-0.25, -0.2) is 4.79 Å². The Bertz CT molecular complexity index is 883. The number of aliphatic carboxylic acids is 2. The molecular weight excluding hydrogens is 592 g/mol. The lowest BCUT2D eigenvalue weighted by atomic mass is 10.0. The van der Waals surface area contributed by atoms with Crippen LogP contribution in [0.4, 0.5) is 0 Å². The molecule has 0 saturated carbocycles. The summed E-state index contributed by atoms with van der Waals surface area (Å²) in [5, 5.41) is 26.3. The molecule has 2 atom stereocenters. The van der Waals surface area contributed by atoms with Gasteiger partial charge in [0.05, 0.1) is 6.04 Å². The average Bonchev–Trinajstić information content (AvgIpc) is 3.00. The Morgan fingerprint density at radius 1 is 0.522 bits per heavy atom. The van der Waals surface area contributed by atoms with Crippen molar-refractivity contribution in [2.24, 2.45) is 5.73 Å². The molecule has 0 bridgehead atoms. The molecular formula is C34H62N4O8. The predicted molar refractivity (Wildman–Crippen MR) is 178 cm³/mol. The lowest BCUT2D eigenvalue weighted by molar-refractivity contribution is -0.142. The molecule has 12 heteroatoms. The van der Waals surface area contributed by atoms with E-state index in [1.54, 1.807) is 0 Å². The zero-order chi connectivity index (χ0) is 34.4. The van der Waals surface area contributed by atoms with E-state index in [-0.39, 0.29) is 49.2 Å². The Hall–Kier alpha value is -3.02. The maximum Gasteiger partial charge on any atom is 0.326 e. The number of ketones is 1. The number of nitrogens with two attached hydrogens (primary N) is 1. The van der Waals surface area contributed by atoms with Crippen molar-refractivity contribution in [1.29, 1.82) is 0 Å². The normalized spacial score (nSPS) is 12.2. The number of Topliss-reactive ketones (excluding diaryl/α,β-unsaturated/α-hetero) is 1. The maximum absolute atomic E-state index is 12.2. The van der Waals surface area contributed by atoms with Crippen molar-refractivity contribution in [1.82, 2.24) is 16.0 Å². The average molecular weight is 655 g/mol. The van der Waals surface area contributed by atoms with E-state index in [9.17, 15) is 33.9 Å². The highest BCUT2D eigenvalue weighted by Gasteiger charge is 2.20. The Labute approximate surface area is 275 Å². The molecule has 0 aromatic heterocycles. The molecule has 0 aliphatic heterocycles. The molecule has 266 valence electrons. The molecule has 0 aliphatic rings. The molecule has 0 aromatic carbocycles. The molecule has 0 saturated heterocycles. The molecule has 0 spiro atoms. The highest BCUT2D eigenvalue weighted by molar-refractivity contribution is 5.84. The number of carboxylic acids is 2. The number of carbonyl (C=O) groups is 6. The van der Waals surface area contributed by atoms with E-state index in [0.29, 0.717) is 45.2 Å². The van der Waals surface area contributed by atoms with E-state index < -0.39 is 24.0 Å². The largest absolute Gasteiger partial charge is 0.481 e. The SMILES string of the molecule is CC(=O)[C@@H](N)CCCCNC(=O)CCCCCNC(=O)CC[C@H](NC(=O)CCCCCCCCCCCCCCC(=O)O)C(=O)O. The fourth-order valence-electron chi connectivity index (χ4n) is 5.04. The molecule has 0 aliphatic carbocycles. The summed E-state index contributed by atoms with van der Waals surface area (Å²) in [6, 6.07) is -1.53. The predicted octanol–water partition coefficient (Wildman–Crippen LogP) is 4.76. The smallest absolute Gasteiger partial charge is 0.326 e. The van der Waals surface area contributed by atoms with Gasteiger partial charge in [0.25, 0.3) is 0 Å². The van der Waals surface area contributed by atoms with E-state index in [2.05, 4.69) is 16.0 Å². The summed E-state index contributed by atoms with van der Waals surface area (Å²) < 4.78 is 0. The summed E-state index contributed by atoms with van der Waals surface area (Å²) in [5.41, 5.74) is 5.68. The second kappa shape index (κ2) is 29.4. The van der Waals surface area contributed by atoms with Crippen LogP contribution in [0.1, 0.15) is 155 Å². The summed E-state index contributed by atoms with van der Waals surface area (Å²) in [4.78, 5) is 69.5. The summed E-state index contributed by atoms with van der Waals surface area (Å²) >= 11 is 0. The van der Waals surface area contributed by atoms with Crippen molar-refractivity contribution >= 4 is 35.4 Å². The van der Waals surface area contributed by atoms with Crippen LogP contribution >= 0.6 is 0 Å². The third-order valence-corrected chi connectivity index (χ3v) is 8.03. The summed E-state index contributed by atoms with van der Waals surface area (Å²) in [7, 11) is 0. The zero-order valence-electron chi connectivity index (χ0n) is 28.3. The Kier molecular flexibility index (Phi) is 27.5. The van der Waals surface area contributed by atoms with Crippen LogP contribution in [0.2, 0.25) is 0 Å². The number of carbonyl (C=O) groups excluding carboxylic acids is 4. The fourth-order valence-corrected chi connectivity index (χ4v) is 5.04. The highest BCUT2D eigenvalue weighted by atomic mass is 16.4. The standard InChI is InChI=1S/C34H62N4O8/c1-27(39)28(35)19-16-18-26-36-30(40)20-14-12-17-25-37-31(41)24-23-29(34(45)46)38-32(42)21-13-10-8-6-4-2-3-5-7-9-11-15-22-33(43)44/h28-29H,2-26,35H2,1H3,(H,36,40)(H,37,41)(H,38,42)(H,43,44)(H,45,46)/t28-,29-/m0/s1. The number of hydrogen-bond donors (Lipinski definition) is 6. The van der Waals surface area contributed by atoms with Gasteiger partial charge in [-0.05, 0) is 58.3 Å². The molecule has 0 unspecified atom stereocenters. The van der Waals surface area contributed by atoms with Gasteiger partial charge in [0.15, 0.2) is 0 Å². The third-order valence-electron chi connectivity index (χ3n) is 8.03. The monoisotopic (exact) mass is 654 g/mol. The van der Waals surface area contributed by atoms with Crippen LogP contribution < -0.4 is 21.7 Å². The van der Waals surface area contributed by atoms with Crippen LogP contribution in [0.5, 0.6) is 0 Å². The van der Waals surface area contributed by atoms with Crippen LogP contribution in [0, 0.1) is 0 Å². The number of hydrogen-bond acceptors (Lipinski definition) is 7. The second-order valence-electron chi connectivity index (χ2n) is 12.4. The second-order valence-corrected chi connectivity index (χ2v) is 12.4. The van der Waals surface area contributed by atoms with Crippen molar-refractivity contribution in [2.75, 3.05) is 13.1 Å². The van der Waals surface area contributed by atoms with E-state index in [0.717, 1.165) is 70.6 Å². The van der Waals surface area contributed by atoms with Gasteiger partial charge in [0.2, 0.25) is 17.7 Å². The first kappa shape index (κ1) is 43.0. The molecule has 0 fully saturated rings. The van der Waals surface area contributed by atoms with Crippen LogP contribution in [-0.2, 0) is 28.8 Å². The fraction of sp³-hybridized carbons (Fsp3) is 0.824. The Morgan fingerprint density at radius 2 is 0.935 bits per heavy atom. The topological polar surface area (TPSA) is 205 Å². The van der Waals surface area contributed by atoms with Crippen LogP contribution in [0.15, 0.2) is 0 Å². The van der Waals surface area contributed by atoms with Gasteiger partial charge in [-0.2, -0.15) is 0 Å².